The van der Waals surface area contributed by atoms with Crippen molar-refractivity contribution < 1.29 is 0 Å². The average molecular weight is 257 g/mol. The minimum absolute atomic E-state index is 0.665. The van der Waals surface area contributed by atoms with Crippen LogP contribution in [0.15, 0.2) is 24.3 Å². The van der Waals surface area contributed by atoms with Crippen molar-refractivity contribution >= 4 is 11.0 Å². The number of hydrogen-bond donors (Lipinski definition) is 2. The van der Waals surface area contributed by atoms with Crippen LogP contribution in [-0.2, 0) is 6.54 Å². The lowest BCUT2D eigenvalue weighted by Gasteiger charge is -2.15. The maximum atomic E-state index is 4.62. The number of aromatic nitrogens is 2. The molecule has 3 nitrogen and oxygen atoms in total. The summed E-state index contributed by atoms with van der Waals surface area (Å²) in [4.78, 5) is 8.00. The van der Waals surface area contributed by atoms with Crippen LogP contribution < -0.4 is 5.32 Å². The zero-order valence-corrected chi connectivity index (χ0v) is 11.7. The largest absolute Gasteiger partial charge is 0.341 e. The number of fused-ring (bicyclic) bond motifs is 1. The third kappa shape index (κ3) is 3.16. The SMILES string of the molecule is CC1CCCC(NCc2nc3ccccc3[nH]2)CC1. The molecule has 3 heteroatoms. The number of rotatable bonds is 3. The van der Waals surface area contributed by atoms with E-state index in [-0.39, 0.29) is 0 Å². The van der Waals surface area contributed by atoms with Crippen LogP contribution in [0.5, 0.6) is 0 Å². The molecule has 1 fully saturated rings. The van der Waals surface area contributed by atoms with Crippen molar-refractivity contribution in [3.05, 3.63) is 30.1 Å². The van der Waals surface area contributed by atoms with Gasteiger partial charge in [-0.1, -0.05) is 31.9 Å². The molecule has 0 spiro atoms. The van der Waals surface area contributed by atoms with E-state index in [4.69, 9.17) is 0 Å². The first-order valence-corrected chi connectivity index (χ1v) is 7.48. The van der Waals surface area contributed by atoms with Gasteiger partial charge in [-0.05, 0) is 37.3 Å². The van der Waals surface area contributed by atoms with Crippen molar-refractivity contribution in [1.82, 2.24) is 15.3 Å². The summed E-state index contributed by atoms with van der Waals surface area (Å²) in [5.41, 5.74) is 2.20. The second-order valence-corrected chi connectivity index (χ2v) is 5.89. The Morgan fingerprint density at radius 3 is 3.00 bits per heavy atom. The predicted molar refractivity (Wildman–Crippen MR) is 79.0 cm³/mol. The number of nitrogens with one attached hydrogen (secondary N) is 2. The summed E-state index contributed by atoms with van der Waals surface area (Å²) >= 11 is 0. The molecule has 0 saturated heterocycles. The van der Waals surface area contributed by atoms with Crippen LogP contribution in [0.2, 0.25) is 0 Å². The van der Waals surface area contributed by atoms with Gasteiger partial charge in [0.1, 0.15) is 5.82 Å². The molecule has 0 amide bonds. The van der Waals surface area contributed by atoms with Gasteiger partial charge in [0.15, 0.2) is 0 Å². The molecule has 1 aromatic heterocycles. The van der Waals surface area contributed by atoms with E-state index in [0.717, 1.165) is 29.3 Å². The number of imidazole rings is 1. The van der Waals surface area contributed by atoms with E-state index in [1.807, 2.05) is 12.1 Å². The molecule has 2 atom stereocenters. The fourth-order valence-electron chi connectivity index (χ4n) is 3.02. The molecule has 102 valence electrons. The van der Waals surface area contributed by atoms with Gasteiger partial charge in [0.05, 0.1) is 17.6 Å². The summed E-state index contributed by atoms with van der Waals surface area (Å²) < 4.78 is 0. The van der Waals surface area contributed by atoms with Crippen LogP contribution in [0.1, 0.15) is 44.9 Å². The number of para-hydroxylation sites is 2. The van der Waals surface area contributed by atoms with Crippen molar-refractivity contribution in [2.75, 3.05) is 0 Å². The molecular weight excluding hydrogens is 234 g/mol. The smallest absolute Gasteiger partial charge is 0.121 e. The lowest BCUT2D eigenvalue weighted by molar-refractivity contribution is 0.443. The third-order valence-corrected chi connectivity index (χ3v) is 4.25. The highest BCUT2D eigenvalue weighted by Gasteiger charge is 2.15. The van der Waals surface area contributed by atoms with Crippen molar-refractivity contribution in [2.45, 2.75) is 51.6 Å². The highest BCUT2D eigenvalue weighted by Crippen LogP contribution is 2.22. The Kier molecular flexibility index (Phi) is 3.83. The molecule has 3 rings (SSSR count). The maximum Gasteiger partial charge on any atom is 0.121 e. The first-order valence-electron chi connectivity index (χ1n) is 7.48. The second-order valence-electron chi connectivity index (χ2n) is 5.89. The Hall–Kier alpha value is -1.35. The molecule has 1 aromatic carbocycles. The zero-order valence-electron chi connectivity index (χ0n) is 11.7. The number of hydrogen-bond acceptors (Lipinski definition) is 2. The molecule has 1 heterocycles. The monoisotopic (exact) mass is 257 g/mol. The zero-order chi connectivity index (χ0) is 13.1. The van der Waals surface area contributed by atoms with Gasteiger partial charge in [-0.2, -0.15) is 0 Å². The molecule has 2 unspecified atom stereocenters. The van der Waals surface area contributed by atoms with E-state index in [0.29, 0.717) is 6.04 Å². The fraction of sp³-hybridized carbons (Fsp3) is 0.562. The average Bonchev–Trinajstić information content (AvgIpc) is 2.72. The second kappa shape index (κ2) is 5.74. The summed E-state index contributed by atoms with van der Waals surface area (Å²) in [6.45, 7) is 3.23. The van der Waals surface area contributed by atoms with Crippen LogP contribution in [0, 0.1) is 5.92 Å². The standard InChI is InChI=1S/C16H23N3/c1-12-5-4-6-13(10-9-12)17-11-16-18-14-7-2-3-8-15(14)19-16/h2-3,7-8,12-13,17H,4-6,9-11H2,1H3,(H,18,19). The molecule has 0 radical (unpaired) electrons. The van der Waals surface area contributed by atoms with E-state index in [1.54, 1.807) is 0 Å². The van der Waals surface area contributed by atoms with Gasteiger partial charge < -0.3 is 10.3 Å². The van der Waals surface area contributed by atoms with Gasteiger partial charge in [0.2, 0.25) is 0 Å². The van der Waals surface area contributed by atoms with E-state index < -0.39 is 0 Å². The Bertz CT molecular complexity index is 499. The van der Waals surface area contributed by atoms with Gasteiger partial charge >= 0.3 is 0 Å². The van der Waals surface area contributed by atoms with Crippen molar-refractivity contribution in [2.24, 2.45) is 5.92 Å². The predicted octanol–water partition coefficient (Wildman–Crippen LogP) is 3.62. The first-order chi connectivity index (χ1) is 9.31. The Morgan fingerprint density at radius 2 is 2.11 bits per heavy atom. The number of H-pyrrole nitrogens is 1. The van der Waals surface area contributed by atoms with Crippen molar-refractivity contribution in [3.8, 4) is 0 Å². The minimum Gasteiger partial charge on any atom is -0.341 e. The molecule has 2 N–H and O–H groups in total. The first kappa shape index (κ1) is 12.7. The van der Waals surface area contributed by atoms with Gasteiger partial charge in [-0.25, -0.2) is 4.98 Å². The normalized spacial score (nSPS) is 24.5. The Morgan fingerprint density at radius 1 is 1.21 bits per heavy atom. The minimum atomic E-state index is 0.665. The summed E-state index contributed by atoms with van der Waals surface area (Å²) in [5, 5.41) is 3.67. The van der Waals surface area contributed by atoms with E-state index in [9.17, 15) is 0 Å². The number of aromatic amines is 1. The van der Waals surface area contributed by atoms with Gasteiger partial charge in [0, 0.05) is 6.04 Å². The molecule has 0 aliphatic heterocycles. The van der Waals surface area contributed by atoms with Crippen molar-refractivity contribution in [3.63, 3.8) is 0 Å². The lowest BCUT2D eigenvalue weighted by atomic mass is 10.0. The van der Waals surface area contributed by atoms with Crippen LogP contribution in [-0.4, -0.2) is 16.0 Å². The summed E-state index contributed by atoms with van der Waals surface area (Å²) in [5.74, 6) is 1.96. The van der Waals surface area contributed by atoms with Crippen LogP contribution in [0.25, 0.3) is 11.0 Å². The van der Waals surface area contributed by atoms with Gasteiger partial charge in [-0.15, -0.1) is 0 Å². The molecule has 2 aromatic rings. The molecule has 0 bridgehead atoms. The van der Waals surface area contributed by atoms with Gasteiger partial charge in [-0.3, -0.25) is 0 Å². The number of benzene rings is 1. The highest BCUT2D eigenvalue weighted by molar-refractivity contribution is 5.74. The van der Waals surface area contributed by atoms with Crippen LogP contribution >= 0.6 is 0 Å². The molecule has 19 heavy (non-hydrogen) atoms. The topological polar surface area (TPSA) is 40.7 Å². The lowest BCUT2D eigenvalue weighted by Crippen LogP contribution is -2.28. The van der Waals surface area contributed by atoms with Gasteiger partial charge in [0.25, 0.3) is 0 Å². The molecular formula is C16H23N3. The van der Waals surface area contributed by atoms with E-state index in [2.05, 4.69) is 34.3 Å². The van der Waals surface area contributed by atoms with E-state index in [1.165, 1.54) is 32.1 Å². The molecule has 1 aliphatic rings. The fourth-order valence-corrected chi connectivity index (χ4v) is 3.02. The van der Waals surface area contributed by atoms with Crippen LogP contribution in [0.4, 0.5) is 0 Å². The Balaban J connectivity index is 1.59. The summed E-state index contributed by atoms with van der Waals surface area (Å²) in [7, 11) is 0. The maximum absolute atomic E-state index is 4.62. The third-order valence-electron chi connectivity index (χ3n) is 4.25. The number of nitrogens with zero attached hydrogens (tertiary/aromatic N) is 1. The van der Waals surface area contributed by atoms with Crippen molar-refractivity contribution in [1.29, 1.82) is 0 Å². The quantitative estimate of drug-likeness (QED) is 0.824. The van der Waals surface area contributed by atoms with E-state index >= 15 is 0 Å². The van der Waals surface area contributed by atoms with Crippen LogP contribution in [0.3, 0.4) is 0 Å². The summed E-state index contributed by atoms with van der Waals surface area (Å²) in [6.07, 6.45) is 6.73. The highest BCUT2D eigenvalue weighted by atomic mass is 15.0. The Labute approximate surface area is 114 Å². The molecule has 1 aliphatic carbocycles. The molecule has 1 saturated carbocycles. The summed E-state index contributed by atoms with van der Waals surface area (Å²) in [6, 6.07) is 8.89.